The van der Waals surface area contributed by atoms with E-state index < -0.39 is 14.2 Å². The van der Waals surface area contributed by atoms with Crippen LogP contribution in [-0.4, -0.2) is 6.94 Å². The van der Waals surface area contributed by atoms with Crippen LogP contribution in [-0.2, 0) is 27.0 Å². The summed E-state index contributed by atoms with van der Waals surface area (Å²) in [5.41, 5.74) is 14.5. The quantitative estimate of drug-likeness (QED) is 0.150. The molecule has 2 atom stereocenters. The summed E-state index contributed by atoms with van der Waals surface area (Å²) in [6.45, 7) is 9.43. The van der Waals surface area contributed by atoms with Crippen molar-refractivity contribution >= 4 is 19.1 Å². The molecule has 0 radical (unpaired) electrons. The predicted octanol–water partition coefficient (Wildman–Crippen LogP) is 11.7. The second kappa shape index (κ2) is 9.72. The third kappa shape index (κ3) is 4.62. The predicted molar refractivity (Wildman–Crippen MR) is 192 cm³/mol. The Morgan fingerprint density at radius 1 is 0.558 bits per heavy atom. The van der Waals surface area contributed by atoms with Crippen LogP contribution in [0.5, 0.6) is 0 Å². The molecule has 0 saturated heterocycles. The Hall–Kier alpha value is -2.55. The number of hydrogen-bond donors (Lipinski definition) is 0. The first-order valence-corrected chi connectivity index (χ1v) is 42.5. The number of fused-ring (bicyclic) bond motifs is 2. The van der Waals surface area contributed by atoms with Crippen molar-refractivity contribution in [1.82, 2.24) is 0 Å². The normalized spacial score (nSPS) is 19.7. The molecule has 2 unspecified atom stereocenters. The fourth-order valence-corrected chi connectivity index (χ4v) is 48.9. The van der Waals surface area contributed by atoms with Crippen molar-refractivity contribution < 1.29 is 14.2 Å². The minimum absolute atomic E-state index is 0.435. The maximum absolute atomic E-state index is 4.91. The SMILES string of the molecule is CCC[CH2][Hf]([CH3])([CH3])([CH3])(=[SiH2])([CH]1C=Cc2c(-c3ccccc3CC)cccc21)[CH]1C=Cc2c(-c3ccccc3CC)cccc21. The zero-order valence-corrected chi connectivity index (χ0v) is 32.3. The summed E-state index contributed by atoms with van der Waals surface area (Å²) in [5, 5.41) is 0. The Labute approximate surface area is 256 Å². The summed E-state index contributed by atoms with van der Waals surface area (Å²) in [7, 11) is 0. The molecule has 222 valence electrons. The average Bonchev–Trinajstić information content (AvgIpc) is 3.67. The fraction of sp³-hybridized carbons (Fsp3) is 0.317. The Morgan fingerprint density at radius 2 is 0.977 bits per heavy atom. The van der Waals surface area contributed by atoms with Crippen molar-refractivity contribution in [2.45, 2.75) is 72.0 Å². The van der Waals surface area contributed by atoms with Crippen LogP contribution in [0.2, 0.25) is 18.2 Å². The summed E-state index contributed by atoms with van der Waals surface area (Å²) in [5.74, 6) is 0. The zero-order valence-electron chi connectivity index (χ0n) is 27.3. The van der Waals surface area contributed by atoms with Gasteiger partial charge in [-0.3, -0.25) is 0 Å². The van der Waals surface area contributed by atoms with E-state index in [9.17, 15) is 0 Å². The molecule has 0 heterocycles. The van der Waals surface area contributed by atoms with Gasteiger partial charge in [-0.15, -0.1) is 0 Å². The first kappa shape index (κ1) is 30.5. The van der Waals surface area contributed by atoms with Gasteiger partial charge in [0.25, 0.3) is 0 Å². The molecular formula is C41H50HfSi. The van der Waals surface area contributed by atoms with E-state index in [0.29, 0.717) is 7.35 Å². The van der Waals surface area contributed by atoms with Crippen LogP contribution < -0.4 is 0 Å². The molecule has 0 saturated carbocycles. The van der Waals surface area contributed by atoms with Gasteiger partial charge in [-0.25, -0.2) is 0 Å². The molecule has 0 aliphatic heterocycles. The van der Waals surface area contributed by atoms with Gasteiger partial charge in [0.2, 0.25) is 0 Å². The van der Waals surface area contributed by atoms with Crippen LogP contribution in [0.4, 0.5) is 0 Å². The second-order valence-electron chi connectivity index (χ2n) is 17.0. The van der Waals surface area contributed by atoms with Gasteiger partial charge in [0.05, 0.1) is 0 Å². The first-order chi connectivity index (χ1) is 20.4. The molecular weight excluding hydrogens is 699 g/mol. The fourth-order valence-electron chi connectivity index (χ4n) is 9.38. The Morgan fingerprint density at radius 3 is 1.40 bits per heavy atom. The Bertz CT molecular complexity index is 1800. The van der Waals surface area contributed by atoms with Gasteiger partial charge < -0.3 is 0 Å². The van der Waals surface area contributed by atoms with Gasteiger partial charge in [0, 0.05) is 0 Å². The molecule has 0 bridgehead atoms. The molecule has 0 nitrogen and oxygen atoms in total. The van der Waals surface area contributed by atoms with Crippen molar-refractivity contribution in [2.24, 2.45) is 0 Å². The Balaban J connectivity index is 1.58. The maximum atomic E-state index is 2.84. The van der Waals surface area contributed by atoms with Crippen molar-refractivity contribution in [3.8, 4) is 22.3 Å². The van der Waals surface area contributed by atoms with Gasteiger partial charge in [-0.05, 0) is 0 Å². The minimum atomic E-state index is -4.91. The third-order valence-electron chi connectivity index (χ3n) is 12.1. The van der Waals surface area contributed by atoms with Gasteiger partial charge in [0.15, 0.2) is 0 Å². The molecule has 4 aromatic carbocycles. The van der Waals surface area contributed by atoms with E-state index in [-0.39, 0.29) is 0 Å². The van der Waals surface area contributed by atoms with Crippen LogP contribution in [0.15, 0.2) is 97.1 Å². The summed E-state index contributed by atoms with van der Waals surface area (Å²) in [6.07, 6.45) is 14.9. The monoisotopic (exact) mass is 750 g/mol. The average molecular weight is 749 g/mol. The van der Waals surface area contributed by atoms with E-state index >= 15 is 0 Å². The van der Waals surface area contributed by atoms with Crippen molar-refractivity contribution in [3.63, 3.8) is 0 Å². The van der Waals surface area contributed by atoms with E-state index in [2.05, 4.69) is 151 Å². The summed E-state index contributed by atoms with van der Waals surface area (Å²) in [6, 6.07) is 32.3. The number of hydrogen-bond acceptors (Lipinski definition) is 0. The molecule has 4 aromatic rings. The summed E-state index contributed by atoms with van der Waals surface area (Å²) in [4.78, 5) is 0. The van der Waals surface area contributed by atoms with Crippen LogP contribution in [0.3, 0.4) is 0 Å². The number of allylic oxidation sites excluding steroid dienone is 2. The molecule has 6 rings (SSSR count). The molecule has 0 N–H and O–H groups in total. The van der Waals surface area contributed by atoms with Gasteiger partial charge in [-0.2, -0.15) is 0 Å². The van der Waals surface area contributed by atoms with Gasteiger partial charge in [-0.1, -0.05) is 0 Å². The number of benzene rings is 4. The van der Waals surface area contributed by atoms with E-state index in [1.54, 1.807) is 11.1 Å². The molecule has 0 aromatic heterocycles. The van der Waals surface area contributed by atoms with Crippen molar-refractivity contribution in [1.29, 1.82) is 0 Å². The van der Waals surface area contributed by atoms with Crippen LogP contribution in [0.1, 0.15) is 74.3 Å². The van der Waals surface area contributed by atoms with Crippen molar-refractivity contribution in [3.05, 3.63) is 130 Å². The number of aryl methyl sites for hydroxylation is 2. The van der Waals surface area contributed by atoms with Crippen molar-refractivity contribution in [2.75, 3.05) is 0 Å². The molecule has 2 aliphatic rings. The first-order valence-electron chi connectivity index (χ1n) is 16.7. The molecule has 0 amide bonds. The van der Waals surface area contributed by atoms with E-state index in [1.807, 2.05) is 0 Å². The molecule has 2 heteroatoms. The molecule has 43 heavy (non-hydrogen) atoms. The number of rotatable bonds is 9. The zero-order chi connectivity index (χ0) is 30.6. The van der Waals surface area contributed by atoms with Gasteiger partial charge >= 0.3 is 258 Å². The van der Waals surface area contributed by atoms with E-state index in [0.717, 1.165) is 12.8 Å². The van der Waals surface area contributed by atoms with E-state index in [1.165, 1.54) is 61.5 Å². The Kier molecular flexibility index (Phi) is 6.89. The summed E-state index contributed by atoms with van der Waals surface area (Å²) < 4.78 is 10.7. The molecule has 0 spiro atoms. The van der Waals surface area contributed by atoms with Crippen LogP contribution >= 0.6 is 0 Å². The third-order valence-corrected chi connectivity index (χ3v) is 58.1. The standard InChI is InChI=1S/2C17H15.C4H9.3CH3.Hf.H2Si/c2*1-2-13-7-3-4-10-15(13)17-12-6-9-14-8-5-11-16(14)17;1-3-4-2;;;;;/h2*3-12H,2H2,1H3;1,3-4H2,2H3;3*1H3;;1H2. The van der Waals surface area contributed by atoms with Gasteiger partial charge in [0.1, 0.15) is 0 Å². The molecule has 0 fully saturated rings. The second-order valence-corrected chi connectivity index (χ2v) is 98.7. The van der Waals surface area contributed by atoms with E-state index in [4.69, 9.17) is 0 Å². The summed E-state index contributed by atoms with van der Waals surface area (Å²) >= 11 is -4.91. The van der Waals surface area contributed by atoms with Crippen LogP contribution in [0.25, 0.3) is 34.4 Å². The van der Waals surface area contributed by atoms with Crippen LogP contribution in [0, 0.1) is 0 Å². The topological polar surface area (TPSA) is 0 Å². The molecule has 2 aliphatic carbocycles. The number of unbranched alkanes of at least 4 members (excludes halogenated alkanes) is 1.